The van der Waals surface area contributed by atoms with Gasteiger partial charge in [0.1, 0.15) is 4.90 Å². The predicted octanol–water partition coefficient (Wildman–Crippen LogP) is 2.06. The van der Waals surface area contributed by atoms with Gasteiger partial charge in [-0.25, -0.2) is 4.79 Å². The first kappa shape index (κ1) is 14.1. The van der Waals surface area contributed by atoms with Crippen LogP contribution in [-0.2, 0) is 20.7 Å². The molecule has 0 heterocycles. The van der Waals surface area contributed by atoms with Crippen LogP contribution in [0.5, 0.6) is 0 Å². The summed E-state index contributed by atoms with van der Waals surface area (Å²) in [7, 11) is -4.12. The first-order chi connectivity index (χ1) is 9.47. The highest BCUT2D eigenvalue weighted by Gasteiger charge is 2.17. The highest BCUT2D eigenvalue weighted by atomic mass is 32.2. The lowest BCUT2D eigenvalue weighted by atomic mass is 10.1. The minimum absolute atomic E-state index is 0.104. The van der Waals surface area contributed by atoms with Gasteiger partial charge in [-0.15, -0.1) is 0 Å². The fraction of sp³-hybridized carbons (Fsp3) is 0.0714. The summed E-state index contributed by atoms with van der Waals surface area (Å²) in [4.78, 5) is 10.4. The molecular formula is C14H13NO4S. The van der Waals surface area contributed by atoms with Crippen LogP contribution in [-0.4, -0.2) is 14.5 Å². The lowest BCUT2D eigenvalue weighted by Crippen LogP contribution is -2.18. The largest absolute Gasteiger partial charge is 0.420 e. The van der Waals surface area contributed by atoms with Crippen LogP contribution in [0.15, 0.2) is 59.5 Å². The van der Waals surface area contributed by atoms with Gasteiger partial charge in [-0.05, 0) is 29.7 Å². The van der Waals surface area contributed by atoms with Crippen molar-refractivity contribution < 1.29 is 17.4 Å². The molecule has 6 heteroatoms. The first-order valence-corrected chi connectivity index (χ1v) is 7.25. The van der Waals surface area contributed by atoms with E-state index in [0.717, 1.165) is 11.1 Å². The molecule has 2 aromatic rings. The van der Waals surface area contributed by atoms with Crippen molar-refractivity contribution in [3.8, 4) is 0 Å². The van der Waals surface area contributed by atoms with Crippen LogP contribution in [0.3, 0.4) is 0 Å². The van der Waals surface area contributed by atoms with Gasteiger partial charge in [0.05, 0.1) is 0 Å². The normalized spacial score (nSPS) is 11.0. The Kier molecular flexibility index (Phi) is 4.05. The average Bonchev–Trinajstić information content (AvgIpc) is 2.39. The summed E-state index contributed by atoms with van der Waals surface area (Å²) in [6.45, 7) is 0. The van der Waals surface area contributed by atoms with E-state index in [0.29, 0.717) is 6.42 Å². The minimum atomic E-state index is -4.12. The molecule has 2 aromatic carbocycles. The molecule has 0 bridgehead atoms. The molecule has 0 aromatic heterocycles. The van der Waals surface area contributed by atoms with E-state index in [1.165, 1.54) is 12.1 Å². The third-order valence-electron chi connectivity index (χ3n) is 2.65. The van der Waals surface area contributed by atoms with Gasteiger partial charge < -0.3 is 9.92 Å². The Morgan fingerprint density at radius 1 is 0.950 bits per heavy atom. The number of amides is 1. The highest BCUT2D eigenvalue weighted by molar-refractivity contribution is 7.87. The third kappa shape index (κ3) is 3.58. The zero-order valence-electron chi connectivity index (χ0n) is 10.5. The van der Waals surface area contributed by atoms with Crippen molar-refractivity contribution >= 4 is 16.2 Å². The van der Waals surface area contributed by atoms with Crippen LogP contribution < -0.4 is 5.73 Å². The molecule has 0 atom stereocenters. The molecule has 0 saturated carbocycles. The van der Waals surface area contributed by atoms with E-state index < -0.39 is 16.2 Å². The molecule has 0 aliphatic carbocycles. The SMILES string of the molecule is NC(=O)OS(=O)(=O)c1ccc(Cc2ccccc2)cc1. The summed E-state index contributed by atoms with van der Waals surface area (Å²) in [6, 6.07) is 15.9. The third-order valence-corrected chi connectivity index (χ3v) is 3.89. The maximum absolute atomic E-state index is 11.6. The van der Waals surface area contributed by atoms with E-state index in [-0.39, 0.29) is 4.90 Å². The standard InChI is InChI=1S/C14H13NO4S/c15-14(16)19-20(17,18)13-8-6-12(7-9-13)10-11-4-2-1-3-5-11/h1-9H,10H2,(H2,15,16). The molecule has 20 heavy (non-hydrogen) atoms. The monoisotopic (exact) mass is 291 g/mol. The van der Waals surface area contributed by atoms with Crippen molar-refractivity contribution in [2.24, 2.45) is 5.73 Å². The lowest BCUT2D eigenvalue weighted by Gasteiger charge is -2.05. The van der Waals surface area contributed by atoms with Gasteiger partial charge in [0.2, 0.25) is 0 Å². The second kappa shape index (κ2) is 5.75. The molecule has 2 N–H and O–H groups in total. The minimum Gasteiger partial charge on any atom is -0.334 e. The van der Waals surface area contributed by atoms with E-state index in [1.54, 1.807) is 12.1 Å². The Labute approximate surface area is 117 Å². The van der Waals surface area contributed by atoms with Gasteiger partial charge in [-0.1, -0.05) is 42.5 Å². The Bertz CT molecular complexity index is 694. The van der Waals surface area contributed by atoms with Crippen molar-refractivity contribution in [3.05, 3.63) is 65.7 Å². The maximum atomic E-state index is 11.6. The summed E-state index contributed by atoms with van der Waals surface area (Å²) >= 11 is 0. The van der Waals surface area contributed by atoms with Crippen LogP contribution in [0.1, 0.15) is 11.1 Å². The number of carbonyl (C=O) groups is 1. The number of hydrogen-bond donors (Lipinski definition) is 1. The predicted molar refractivity (Wildman–Crippen MR) is 73.5 cm³/mol. The van der Waals surface area contributed by atoms with E-state index in [2.05, 4.69) is 4.18 Å². The number of hydrogen-bond acceptors (Lipinski definition) is 4. The molecule has 0 saturated heterocycles. The summed E-state index contributed by atoms with van der Waals surface area (Å²) in [5.41, 5.74) is 6.78. The Morgan fingerprint density at radius 2 is 1.50 bits per heavy atom. The maximum Gasteiger partial charge on any atom is 0.420 e. The fourth-order valence-electron chi connectivity index (χ4n) is 1.76. The highest BCUT2D eigenvalue weighted by Crippen LogP contribution is 2.15. The summed E-state index contributed by atoms with van der Waals surface area (Å²) in [6.07, 6.45) is -0.656. The molecular weight excluding hydrogens is 278 g/mol. The van der Waals surface area contributed by atoms with Crippen molar-refractivity contribution in [3.63, 3.8) is 0 Å². The number of carbonyl (C=O) groups excluding carboxylic acids is 1. The smallest absolute Gasteiger partial charge is 0.334 e. The van der Waals surface area contributed by atoms with E-state index in [4.69, 9.17) is 5.73 Å². The zero-order valence-corrected chi connectivity index (χ0v) is 11.3. The van der Waals surface area contributed by atoms with Crippen LogP contribution in [0, 0.1) is 0 Å². The van der Waals surface area contributed by atoms with E-state index >= 15 is 0 Å². The summed E-state index contributed by atoms with van der Waals surface area (Å²) in [5, 5.41) is 0. The van der Waals surface area contributed by atoms with Gasteiger partial charge >= 0.3 is 16.2 Å². The molecule has 0 radical (unpaired) electrons. The zero-order chi connectivity index (χ0) is 14.6. The fourth-order valence-corrected chi connectivity index (χ4v) is 2.54. The first-order valence-electron chi connectivity index (χ1n) is 5.84. The van der Waals surface area contributed by atoms with E-state index in [9.17, 15) is 13.2 Å². The average molecular weight is 291 g/mol. The molecule has 0 fully saturated rings. The number of nitrogens with two attached hydrogens (primary N) is 1. The van der Waals surface area contributed by atoms with Crippen molar-refractivity contribution in [2.75, 3.05) is 0 Å². The quantitative estimate of drug-likeness (QED) is 0.873. The molecule has 2 rings (SSSR count). The topological polar surface area (TPSA) is 86.5 Å². The second-order valence-electron chi connectivity index (χ2n) is 4.16. The molecule has 0 spiro atoms. The number of benzene rings is 2. The van der Waals surface area contributed by atoms with Gasteiger partial charge in [0.15, 0.2) is 0 Å². The van der Waals surface area contributed by atoms with Crippen LogP contribution >= 0.6 is 0 Å². The number of rotatable bonds is 4. The Hall–Kier alpha value is -2.34. The van der Waals surface area contributed by atoms with Crippen LogP contribution in [0.4, 0.5) is 4.79 Å². The molecule has 5 nitrogen and oxygen atoms in total. The molecule has 0 aliphatic rings. The van der Waals surface area contributed by atoms with Gasteiger partial charge in [-0.2, -0.15) is 8.42 Å². The van der Waals surface area contributed by atoms with Gasteiger partial charge in [0, 0.05) is 0 Å². The molecule has 1 amide bonds. The Balaban J connectivity index is 2.16. The molecule has 0 unspecified atom stereocenters. The lowest BCUT2D eigenvalue weighted by molar-refractivity contribution is 0.212. The number of primary amides is 1. The molecule has 0 aliphatic heterocycles. The van der Waals surface area contributed by atoms with Crippen molar-refractivity contribution in [2.45, 2.75) is 11.3 Å². The summed E-state index contributed by atoms with van der Waals surface area (Å²) < 4.78 is 27.3. The van der Waals surface area contributed by atoms with Crippen molar-refractivity contribution in [1.82, 2.24) is 0 Å². The second-order valence-corrected chi connectivity index (χ2v) is 5.71. The van der Waals surface area contributed by atoms with Crippen LogP contribution in [0.2, 0.25) is 0 Å². The van der Waals surface area contributed by atoms with Gasteiger partial charge in [0.25, 0.3) is 0 Å². The summed E-state index contributed by atoms with van der Waals surface area (Å²) in [5.74, 6) is 0. The van der Waals surface area contributed by atoms with Crippen molar-refractivity contribution in [1.29, 1.82) is 0 Å². The van der Waals surface area contributed by atoms with E-state index in [1.807, 2.05) is 30.3 Å². The van der Waals surface area contributed by atoms with Crippen LogP contribution in [0.25, 0.3) is 0 Å². The Morgan fingerprint density at radius 3 is 2.05 bits per heavy atom. The molecule has 104 valence electrons. The van der Waals surface area contributed by atoms with Gasteiger partial charge in [-0.3, -0.25) is 0 Å².